The predicted octanol–water partition coefficient (Wildman–Crippen LogP) is 2.10. The number of thiophene rings is 1. The number of ether oxygens (including phenoxy) is 1. The summed E-state index contributed by atoms with van der Waals surface area (Å²) in [7, 11) is 1.58. The lowest BCUT2D eigenvalue weighted by atomic mass is 10.2. The molecule has 0 aliphatic rings. The lowest BCUT2D eigenvalue weighted by Gasteiger charge is -2.09. The van der Waals surface area contributed by atoms with Crippen LogP contribution in [0, 0.1) is 0 Å². The van der Waals surface area contributed by atoms with Crippen LogP contribution in [-0.4, -0.2) is 42.9 Å². The van der Waals surface area contributed by atoms with Crippen molar-refractivity contribution in [1.82, 2.24) is 19.6 Å². The van der Waals surface area contributed by atoms with Crippen molar-refractivity contribution in [3.63, 3.8) is 0 Å². The molecule has 0 amide bonds. The van der Waals surface area contributed by atoms with Crippen LogP contribution in [0.5, 0.6) is 11.5 Å². The third-order valence-corrected chi connectivity index (χ3v) is 5.18. The summed E-state index contributed by atoms with van der Waals surface area (Å²) < 4.78 is 8.29. The number of carboxylic acids is 1. The number of hydrogen-bond donors (Lipinski definition) is 2. The first-order chi connectivity index (χ1) is 13.5. The first kappa shape index (κ1) is 17.7. The van der Waals surface area contributed by atoms with E-state index in [0.717, 1.165) is 17.0 Å². The number of hydrogen-bond acceptors (Lipinski definition) is 7. The molecule has 3 aromatic heterocycles. The summed E-state index contributed by atoms with van der Waals surface area (Å²) in [6.45, 7) is 0.0374. The third-order valence-electron chi connectivity index (χ3n) is 4.26. The summed E-state index contributed by atoms with van der Waals surface area (Å²) in [5.41, 5.74) is 0.490. The van der Waals surface area contributed by atoms with Gasteiger partial charge in [-0.3, -0.25) is 9.36 Å². The fourth-order valence-electron chi connectivity index (χ4n) is 2.90. The van der Waals surface area contributed by atoms with Gasteiger partial charge in [-0.15, -0.1) is 16.4 Å². The maximum atomic E-state index is 12.5. The molecule has 0 saturated carbocycles. The summed E-state index contributed by atoms with van der Waals surface area (Å²) in [6, 6.07) is 8.85. The molecular formula is C18H14N4O5S. The van der Waals surface area contributed by atoms with E-state index in [9.17, 15) is 19.8 Å². The quantitative estimate of drug-likeness (QED) is 0.528. The second-order valence-electron chi connectivity index (χ2n) is 5.91. The van der Waals surface area contributed by atoms with Crippen molar-refractivity contribution in [3.05, 3.63) is 63.5 Å². The van der Waals surface area contributed by atoms with Crippen LogP contribution in [0.2, 0.25) is 0 Å². The number of pyridine rings is 1. The van der Waals surface area contributed by atoms with Crippen molar-refractivity contribution in [2.45, 2.75) is 6.54 Å². The Labute approximate surface area is 161 Å². The summed E-state index contributed by atoms with van der Waals surface area (Å²) in [5, 5.41) is 29.2. The highest BCUT2D eigenvalue weighted by atomic mass is 32.1. The number of rotatable bonds is 5. The van der Waals surface area contributed by atoms with Gasteiger partial charge < -0.3 is 14.9 Å². The topological polar surface area (TPSA) is 119 Å². The molecule has 142 valence electrons. The second kappa shape index (κ2) is 6.82. The molecule has 0 spiro atoms. The van der Waals surface area contributed by atoms with E-state index in [-0.39, 0.29) is 12.1 Å². The molecule has 0 fully saturated rings. The maximum absolute atomic E-state index is 12.5. The molecule has 0 atom stereocenters. The van der Waals surface area contributed by atoms with Gasteiger partial charge in [-0.25, -0.2) is 9.48 Å². The van der Waals surface area contributed by atoms with Gasteiger partial charge in [0, 0.05) is 0 Å². The van der Waals surface area contributed by atoms with E-state index in [2.05, 4.69) is 10.3 Å². The lowest BCUT2D eigenvalue weighted by Crippen LogP contribution is -2.23. The van der Waals surface area contributed by atoms with Crippen LogP contribution < -0.4 is 10.3 Å². The van der Waals surface area contributed by atoms with Crippen molar-refractivity contribution >= 4 is 27.5 Å². The molecular weight excluding hydrogens is 384 g/mol. The van der Waals surface area contributed by atoms with Gasteiger partial charge in [-0.2, -0.15) is 0 Å². The third kappa shape index (κ3) is 2.89. The number of aromatic carboxylic acids is 1. The number of benzene rings is 1. The highest BCUT2D eigenvalue weighted by Gasteiger charge is 2.22. The van der Waals surface area contributed by atoms with Crippen molar-refractivity contribution < 1.29 is 19.7 Å². The van der Waals surface area contributed by atoms with E-state index in [0.29, 0.717) is 21.7 Å². The minimum Gasteiger partial charge on any atom is -0.502 e. The van der Waals surface area contributed by atoms with Crippen LogP contribution in [0.4, 0.5) is 0 Å². The Bertz CT molecular complexity index is 1240. The SMILES string of the molecule is COc1ccc(-n2cc(Cn3c(=O)c(O)c(C(=O)O)c4sccc43)nn2)cc1. The average molecular weight is 398 g/mol. The van der Waals surface area contributed by atoms with E-state index >= 15 is 0 Å². The van der Waals surface area contributed by atoms with Gasteiger partial charge >= 0.3 is 5.97 Å². The number of carboxylic acid groups (broad SMARTS) is 1. The average Bonchev–Trinajstić information content (AvgIpc) is 3.35. The maximum Gasteiger partial charge on any atom is 0.341 e. The van der Waals surface area contributed by atoms with Gasteiger partial charge in [0.05, 0.1) is 35.8 Å². The molecule has 0 saturated heterocycles. The number of nitrogens with zero attached hydrogens (tertiary/aromatic N) is 4. The molecule has 2 N–H and O–H groups in total. The summed E-state index contributed by atoms with van der Waals surface area (Å²) in [5.74, 6) is -1.42. The van der Waals surface area contributed by atoms with Crippen LogP contribution in [0.15, 0.2) is 46.7 Å². The number of aromatic nitrogens is 4. The van der Waals surface area contributed by atoms with E-state index in [1.54, 1.807) is 41.6 Å². The van der Waals surface area contributed by atoms with Gasteiger partial charge in [-0.05, 0) is 35.7 Å². The van der Waals surface area contributed by atoms with Crippen molar-refractivity contribution in [2.24, 2.45) is 0 Å². The predicted molar refractivity (Wildman–Crippen MR) is 102 cm³/mol. The van der Waals surface area contributed by atoms with Crippen LogP contribution in [0.3, 0.4) is 0 Å². The highest BCUT2D eigenvalue weighted by Crippen LogP contribution is 2.29. The zero-order valence-electron chi connectivity index (χ0n) is 14.6. The van der Waals surface area contributed by atoms with Gasteiger partial charge in [0.2, 0.25) is 0 Å². The molecule has 0 aliphatic carbocycles. The molecule has 1 aromatic carbocycles. The minimum absolute atomic E-state index is 0.0374. The molecule has 9 nitrogen and oxygen atoms in total. The molecule has 3 heterocycles. The first-order valence-electron chi connectivity index (χ1n) is 8.11. The molecule has 0 radical (unpaired) electrons. The second-order valence-corrected chi connectivity index (χ2v) is 6.82. The smallest absolute Gasteiger partial charge is 0.341 e. The number of aromatic hydroxyl groups is 1. The Morgan fingerprint density at radius 2 is 2.00 bits per heavy atom. The Morgan fingerprint density at radius 1 is 1.25 bits per heavy atom. The van der Waals surface area contributed by atoms with Crippen LogP contribution in [0.25, 0.3) is 15.9 Å². The molecule has 0 unspecified atom stereocenters. The van der Waals surface area contributed by atoms with E-state index in [4.69, 9.17) is 4.74 Å². The fourth-order valence-corrected chi connectivity index (χ4v) is 3.84. The van der Waals surface area contributed by atoms with Gasteiger partial charge in [-0.1, -0.05) is 5.21 Å². The Hall–Kier alpha value is -3.66. The highest BCUT2D eigenvalue weighted by molar-refractivity contribution is 7.17. The van der Waals surface area contributed by atoms with Crippen LogP contribution in [-0.2, 0) is 6.54 Å². The zero-order valence-corrected chi connectivity index (χ0v) is 15.4. The van der Waals surface area contributed by atoms with Crippen LogP contribution >= 0.6 is 11.3 Å². The zero-order chi connectivity index (χ0) is 19.8. The van der Waals surface area contributed by atoms with Gasteiger partial charge in [0.15, 0.2) is 5.75 Å². The Morgan fingerprint density at radius 3 is 2.68 bits per heavy atom. The molecule has 0 bridgehead atoms. The standard InChI is InChI=1S/C18H14N4O5S/c1-27-12-4-2-11(3-5-12)22-9-10(19-20-22)8-21-13-6-7-28-16(13)14(18(25)26)15(23)17(21)24/h2-7,9,23H,8H2,1H3,(H,25,26). The summed E-state index contributed by atoms with van der Waals surface area (Å²) in [6.07, 6.45) is 1.66. The van der Waals surface area contributed by atoms with E-state index < -0.39 is 17.3 Å². The molecule has 4 aromatic rings. The fraction of sp³-hybridized carbons (Fsp3) is 0.111. The Kier molecular flexibility index (Phi) is 4.32. The van der Waals surface area contributed by atoms with Crippen molar-refractivity contribution in [3.8, 4) is 17.2 Å². The largest absolute Gasteiger partial charge is 0.502 e. The lowest BCUT2D eigenvalue weighted by molar-refractivity contribution is 0.0695. The summed E-state index contributed by atoms with van der Waals surface area (Å²) in [4.78, 5) is 24.0. The van der Waals surface area contributed by atoms with Crippen molar-refractivity contribution in [2.75, 3.05) is 7.11 Å². The van der Waals surface area contributed by atoms with E-state index in [1.807, 2.05) is 12.1 Å². The molecule has 10 heteroatoms. The van der Waals surface area contributed by atoms with Gasteiger partial charge in [0.25, 0.3) is 5.56 Å². The molecule has 4 rings (SSSR count). The normalized spacial score (nSPS) is 11.0. The molecule has 28 heavy (non-hydrogen) atoms. The first-order valence-corrected chi connectivity index (χ1v) is 8.99. The van der Waals surface area contributed by atoms with Gasteiger partial charge in [0.1, 0.15) is 17.0 Å². The van der Waals surface area contributed by atoms with Crippen molar-refractivity contribution in [1.29, 1.82) is 0 Å². The van der Waals surface area contributed by atoms with Crippen LogP contribution in [0.1, 0.15) is 16.1 Å². The summed E-state index contributed by atoms with van der Waals surface area (Å²) >= 11 is 1.14. The minimum atomic E-state index is -1.35. The van der Waals surface area contributed by atoms with E-state index in [1.165, 1.54) is 4.57 Å². The monoisotopic (exact) mass is 398 g/mol. The molecule has 0 aliphatic heterocycles. The Balaban J connectivity index is 1.73. The number of carbonyl (C=O) groups is 1. The number of fused-ring (bicyclic) bond motifs is 1. The number of methoxy groups -OCH3 is 1.